The van der Waals surface area contributed by atoms with Crippen molar-refractivity contribution in [1.82, 2.24) is 4.90 Å². The van der Waals surface area contributed by atoms with E-state index in [4.69, 9.17) is 0 Å². The van der Waals surface area contributed by atoms with Crippen LogP contribution in [0.3, 0.4) is 0 Å². The van der Waals surface area contributed by atoms with Crippen LogP contribution in [0.25, 0.3) is 0 Å². The molecule has 0 aromatic rings. The molecule has 0 atom stereocenters. The van der Waals surface area contributed by atoms with Crippen LogP contribution in [0.2, 0.25) is 0 Å². The smallest absolute Gasteiger partial charge is 0.302 e. The van der Waals surface area contributed by atoms with Crippen molar-refractivity contribution < 1.29 is 9.90 Å². The Morgan fingerprint density at radius 1 is 1.45 bits per heavy atom. The first kappa shape index (κ1) is 8.37. The summed E-state index contributed by atoms with van der Waals surface area (Å²) in [7, 11) is 0. The van der Waals surface area contributed by atoms with Gasteiger partial charge < -0.3 is 4.90 Å². The third-order valence-corrected chi connectivity index (χ3v) is 2.34. The van der Waals surface area contributed by atoms with Gasteiger partial charge in [-0.1, -0.05) is 12.8 Å². The molecule has 0 aromatic heterocycles. The van der Waals surface area contributed by atoms with Crippen LogP contribution in [-0.4, -0.2) is 23.6 Å². The van der Waals surface area contributed by atoms with Crippen molar-refractivity contribution >= 4 is 6.09 Å². The summed E-state index contributed by atoms with van der Waals surface area (Å²) in [5, 5.41) is 10.5. The highest BCUT2D eigenvalue weighted by Gasteiger charge is 2.25. The predicted octanol–water partition coefficient (Wildman–Crippen LogP) is 1.80. The summed E-state index contributed by atoms with van der Waals surface area (Å²) in [6.45, 7) is 2.42. The molecule has 0 heterocycles. The number of hydrogen-bond donors (Lipinski definition) is 0. The van der Waals surface area contributed by atoms with Crippen LogP contribution in [0.4, 0.5) is 4.79 Å². The van der Waals surface area contributed by atoms with Crippen LogP contribution < -0.4 is 0 Å². The molecular formula is C8H14NO2. The second-order valence-electron chi connectivity index (χ2n) is 2.99. The molecule has 3 nitrogen and oxygen atoms in total. The third kappa shape index (κ3) is 1.85. The van der Waals surface area contributed by atoms with E-state index in [1.165, 1.54) is 4.90 Å². The fourth-order valence-electron chi connectivity index (χ4n) is 1.75. The lowest BCUT2D eigenvalue weighted by Gasteiger charge is -2.22. The highest BCUT2D eigenvalue weighted by Crippen LogP contribution is 2.23. The molecule has 0 N–H and O–H groups in total. The van der Waals surface area contributed by atoms with Crippen molar-refractivity contribution in [3.63, 3.8) is 0 Å². The Balaban J connectivity index is 2.46. The van der Waals surface area contributed by atoms with E-state index in [9.17, 15) is 9.90 Å². The van der Waals surface area contributed by atoms with E-state index in [1.54, 1.807) is 0 Å². The standard InChI is InChI=1S/C8H14NO2/c1-2-9(8(10)11)7-5-3-4-6-7/h7H,2-6H2,1H3. The number of nitrogens with zero attached hydrogens (tertiary/aromatic N) is 1. The second kappa shape index (κ2) is 3.60. The molecule has 63 valence electrons. The van der Waals surface area contributed by atoms with Gasteiger partial charge in [-0.15, -0.1) is 0 Å². The second-order valence-corrected chi connectivity index (χ2v) is 2.99. The minimum Gasteiger partial charge on any atom is -0.302 e. The predicted molar refractivity (Wildman–Crippen MR) is 40.7 cm³/mol. The molecule has 0 saturated heterocycles. The van der Waals surface area contributed by atoms with Gasteiger partial charge >= 0.3 is 6.09 Å². The summed E-state index contributed by atoms with van der Waals surface area (Å²) in [4.78, 5) is 12.0. The number of carbonyl (C=O) groups excluding carboxylic acids is 1. The first-order valence-corrected chi connectivity index (χ1v) is 4.23. The van der Waals surface area contributed by atoms with Crippen molar-refractivity contribution in [3.8, 4) is 0 Å². The number of amides is 1. The van der Waals surface area contributed by atoms with Gasteiger partial charge in [-0.3, -0.25) is 0 Å². The molecule has 0 bridgehead atoms. The lowest BCUT2D eigenvalue weighted by Crippen LogP contribution is -2.36. The van der Waals surface area contributed by atoms with Crippen molar-refractivity contribution in [2.75, 3.05) is 6.54 Å². The summed E-state index contributed by atoms with van der Waals surface area (Å²) in [6.07, 6.45) is 3.34. The summed E-state index contributed by atoms with van der Waals surface area (Å²) < 4.78 is 0. The summed E-state index contributed by atoms with van der Waals surface area (Å²) in [6, 6.07) is 0.241. The Bertz CT molecular complexity index is 141. The molecule has 0 spiro atoms. The lowest BCUT2D eigenvalue weighted by atomic mass is 10.2. The molecule has 0 aliphatic heterocycles. The minimum absolute atomic E-state index is 0.241. The van der Waals surface area contributed by atoms with Gasteiger partial charge in [0.2, 0.25) is 0 Å². The monoisotopic (exact) mass is 156 g/mol. The van der Waals surface area contributed by atoms with E-state index in [0.717, 1.165) is 25.7 Å². The molecule has 1 amide bonds. The van der Waals surface area contributed by atoms with Gasteiger partial charge in [0.1, 0.15) is 0 Å². The van der Waals surface area contributed by atoms with Gasteiger partial charge in [-0.05, 0) is 19.8 Å². The maximum absolute atomic E-state index is 10.5. The summed E-state index contributed by atoms with van der Waals surface area (Å²) in [5.74, 6) is 0. The molecule has 0 aromatic carbocycles. The normalized spacial score (nSPS) is 18.6. The fourth-order valence-corrected chi connectivity index (χ4v) is 1.75. The largest absolute Gasteiger partial charge is 0.453 e. The molecule has 1 aliphatic rings. The maximum Gasteiger partial charge on any atom is 0.453 e. The van der Waals surface area contributed by atoms with Gasteiger partial charge in [-0.2, -0.15) is 0 Å². The van der Waals surface area contributed by atoms with Crippen LogP contribution in [0.5, 0.6) is 0 Å². The zero-order valence-electron chi connectivity index (χ0n) is 6.88. The average Bonchev–Trinajstić information content (AvgIpc) is 2.40. The minimum atomic E-state index is -1.01. The summed E-state index contributed by atoms with van der Waals surface area (Å²) >= 11 is 0. The third-order valence-electron chi connectivity index (χ3n) is 2.34. The van der Waals surface area contributed by atoms with E-state index in [2.05, 4.69) is 0 Å². The molecule has 11 heavy (non-hydrogen) atoms. The molecule has 1 saturated carbocycles. The Morgan fingerprint density at radius 3 is 2.36 bits per heavy atom. The fraction of sp³-hybridized carbons (Fsp3) is 0.875. The Morgan fingerprint density at radius 2 is 2.00 bits per heavy atom. The maximum atomic E-state index is 10.5. The van der Waals surface area contributed by atoms with Gasteiger partial charge in [0, 0.05) is 12.6 Å². The lowest BCUT2D eigenvalue weighted by molar-refractivity contribution is 0.104. The van der Waals surface area contributed by atoms with Crippen molar-refractivity contribution in [1.29, 1.82) is 0 Å². The van der Waals surface area contributed by atoms with Crippen LogP contribution >= 0.6 is 0 Å². The Hall–Kier alpha value is -0.730. The number of hydrogen-bond acceptors (Lipinski definition) is 1. The van der Waals surface area contributed by atoms with E-state index in [0.29, 0.717) is 6.54 Å². The number of rotatable bonds is 2. The zero-order valence-corrected chi connectivity index (χ0v) is 6.88. The zero-order chi connectivity index (χ0) is 8.27. The molecular weight excluding hydrogens is 142 g/mol. The van der Waals surface area contributed by atoms with E-state index in [-0.39, 0.29) is 6.04 Å². The van der Waals surface area contributed by atoms with Gasteiger partial charge in [-0.25, -0.2) is 9.90 Å². The molecule has 1 aliphatic carbocycles. The van der Waals surface area contributed by atoms with Crippen molar-refractivity contribution in [2.45, 2.75) is 38.6 Å². The average molecular weight is 156 g/mol. The first-order chi connectivity index (χ1) is 5.25. The topological polar surface area (TPSA) is 40.2 Å². The van der Waals surface area contributed by atoms with Crippen LogP contribution in [-0.2, 0) is 5.11 Å². The quantitative estimate of drug-likeness (QED) is 0.601. The molecule has 3 heteroatoms. The SMILES string of the molecule is CCN(C([O])=O)C1CCCC1. The van der Waals surface area contributed by atoms with E-state index in [1.807, 2.05) is 6.92 Å². The van der Waals surface area contributed by atoms with Crippen LogP contribution in [0.1, 0.15) is 32.6 Å². The van der Waals surface area contributed by atoms with Crippen molar-refractivity contribution in [3.05, 3.63) is 0 Å². The van der Waals surface area contributed by atoms with Gasteiger partial charge in [0.25, 0.3) is 0 Å². The molecule has 1 fully saturated rings. The van der Waals surface area contributed by atoms with Crippen LogP contribution in [0.15, 0.2) is 0 Å². The van der Waals surface area contributed by atoms with Gasteiger partial charge in [0.05, 0.1) is 0 Å². The summed E-state index contributed by atoms with van der Waals surface area (Å²) in [5.41, 5.74) is 0. The molecule has 1 radical (unpaired) electrons. The van der Waals surface area contributed by atoms with E-state index < -0.39 is 6.09 Å². The molecule has 0 unspecified atom stereocenters. The van der Waals surface area contributed by atoms with Crippen LogP contribution in [0, 0.1) is 0 Å². The number of carbonyl (C=O) groups is 1. The van der Waals surface area contributed by atoms with Gasteiger partial charge in [0.15, 0.2) is 0 Å². The Labute approximate surface area is 67.0 Å². The Kier molecular flexibility index (Phi) is 2.74. The first-order valence-electron chi connectivity index (χ1n) is 4.23. The van der Waals surface area contributed by atoms with E-state index >= 15 is 0 Å². The molecule has 1 rings (SSSR count). The van der Waals surface area contributed by atoms with Crippen molar-refractivity contribution in [2.24, 2.45) is 0 Å². The highest BCUT2D eigenvalue weighted by molar-refractivity contribution is 5.64. The highest BCUT2D eigenvalue weighted by atomic mass is 16.4.